The molecule has 142 valence electrons. The number of carbonyl (C=O) groups is 4. The largest absolute Gasteiger partial charge is 0.616 e. The summed E-state index contributed by atoms with van der Waals surface area (Å²) >= 11 is 2.72. The van der Waals surface area contributed by atoms with Gasteiger partial charge in [0.15, 0.2) is 6.04 Å². The van der Waals surface area contributed by atoms with Gasteiger partial charge in [0.05, 0.1) is 6.26 Å². The lowest BCUT2D eigenvalue weighted by Gasteiger charge is -2.46. The van der Waals surface area contributed by atoms with Gasteiger partial charge < -0.3 is 30.7 Å². The van der Waals surface area contributed by atoms with E-state index >= 15 is 0 Å². The highest BCUT2D eigenvalue weighted by Crippen LogP contribution is 2.27. The number of nitrogens with two attached hydrogens (primary N) is 1. The maximum Gasteiger partial charge on any atom is 0.331 e. The molecule has 1 aliphatic rings. The molecule has 0 bridgehead atoms. The molecule has 1 heterocycles. The standard InChI is InChI=1S/C13H21N3O7S2/c1-25(23)5-7(13(21)22)16-10(18)9(11(16)24)15-8(17)4-2-3-6(14)12(19)20/h6-7,9,11,24H,2-5,14H2,1H3,(H,15,17)(H,19,20)(H,21,22)/t6-,7-,9-,11+,25-/m0/s1. The van der Waals surface area contributed by atoms with E-state index in [2.05, 4.69) is 17.9 Å². The molecular formula is C13H21N3O7S2. The van der Waals surface area contributed by atoms with E-state index in [1.165, 1.54) is 6.26 Å². The van der Waals surface area contributed by atoms with Crippen molar-refractivity contribution in [2.24, 2.45) is 5.73 Å². The van der Waals surface area contributed by atoms with Crippen LogP contribution in [0.3, 0.4) is 0 Å². The van der Waals surface area contributed by atoms with Gasteiger partial charge in [-0.15, -0.1) is 0 Å². The van der Waals surface area contributed by atoms with Crippen LogP contribution in [0.4, 0.5) is 0 Å². The molecule has 25 heavy (non-hydrogen) atoms. The van der Waals surface area contributed by atoms with Gasteiger partial charge >= 0.3 is 11.9 Å². The maximum absolute atomic E-state index is 12.1. The van der Waals surface area contributed by atoms with E-state index in [9.17, 15) is 23.7 Å². The third-order valence-corrected chi connectivity index (χ3v) is 5.00. The van der Waals surface area contributed by atoms with Crippen molar-refractivity contribution in [1.82, 2.24) is 10.2 Å². The summed E-state index contributed by atoms with van der Waals surface area (Å²) in [6.07, 6.45) is 1.65. The Bertz CT molecular complexity index is 546. The molecule has 0 spiro atoms. The van der Waals surface area contributed by atoms with E-state index in [-0.39, 0.29) is 25.0 Å². The molecular weight excluding hydrogens is 374 g/mol. The molecule has 1 saturated heterocycles. The lowest BCUT2D eigenvalue weighted by Crippen LogP contribution is -2.73. The number of carboxylic acid groups (broad SMARTS) is 2. The van der Waals surface area contributed by atoms with E-state index in [0.717, 1.165) is 4.90 Å². The van der Waals surface area contributed by atoms with Crippen molar-refractivity contribution < 1.29 is 33.9 Å². The molecule has 1 fully saturated rings. The first kappa shape index (κ1) is 21.5. The average molecular weight is 395 g/mol. The fourth-order valence-electron chi connectivity index (χ4n) is 2.32. The number of carbonyl (C=O) groups excluding carboxylic acids is 2. The first-order valence-electron chi connectivity index (χ1n) is 7.37. The van der Waals surface area contributed by atoms with Crippen LogP contribution < -0.4 is 11.1 Å². The Balaban J connectivity index is 2.51. The summed E-state index contributed by atoms with van der Waals surface area (Å²) < 4.78 is 11.3. The van der Waals surface area contributed by atoms with Crippen LogP contribution in [0.2, 0.25) is 0 Å². The number of hydrogen-bond acceptors (Lipinski definition) is 7. The predicted octanol–water partition coefficient (Wildman–Crippen LogP) is -2.02. The average Bonchev–Trinajstić information content (AvgIpc) is 2.51. The first-order valence-corrected chi connectivity index (χ1v) is 9.61. The second-order valence-electron chi connectivity index (χ2n) is 5.64. The molecule has 10 nitrogen and oxygen atoms in total. The zero-order chi connectivity index (χ0) is 19.3. The number of amides is 2. The van der Waals surface area contributed by atoms with E-state index in [0.29, 0.717) is 0 Å². The molecule has 0 unspecified atom stereocenters. The number of β-lactam (4-membered cyclic amide) rings is 1. The van der Waals surface area contributed by atoms with Gasteiger partial charge in [-0.1, -0.05) is 11.2 Å². The molecule has 0 radical (unpaired) electrons. The van der Waals surface area contributed by atoms with Crippen molar-refractivity contribution in [3.05, 3.63) is 0 Å². The number of nitrogens with one attached hydrogen (secondary N) is 1. The van der Waals surface area contributed by atoms with Crippen LogP contribution in [0.15, 0.2) is 0 Å². The van der Waals surface area contributed by atoms with Gasteiger partial charge in [-0.3, -0.25) is 14.4 Å². The molecule has 0 aromatic heterocycles. The second-order valence-corrected chi connectivity index (χ2v) is 7.64. The molecule has 12 heteroatoms. The molecule has 5 N–H and O–H groups in total. The van der Waals surface area contributed by atoms with Gasteiger partial charge in [0, 0.05) is 6.42 Å². The van der Waals surface area contributed by atoms with Gasteiger partial charge in [-0.05, 0) is 12.8 Å². The number of carboxylic acids is 2. The molecule has 1 rings (SSSR count). The quantitative estimate of drug-likeness (QED) is 0.160. The molecule has 0 aliphatic carbocycles. The third-order valence-electron chi connectivity index (χ3n) is 3.67. The Hall–Kier alpha value is -1.50. The van der Waals surface area contributed by atoms with E-state index in [4.69, 9.17) is 15.9 Å². The summed E-state index contributed by atoms with van der Waals surface area (Å²) in [5, 5.41) is 19.4. The van der Waals surface area contributed by atoms with Crippen molar-refractivity contribution in [2.75, 3.05) is 12.0 Å². The summed E-state index contributed by atoms with van der Waals surface area (Å²) in [4.78, 5) is 46.7. The number of rotatable bonds is 10. The van der Waals surface area contributed by atoms with Crippen molar-refractivity contribution in [3.8, 4) is 0 Å². The fraction of sp³-hybridized carbons (Fsp3) is 0.692. The highest BCUT2D eigenvalue weighted by Gasteiger charge is 2.52. The Morgan fingerprint density at radius 1 is 1.40 bits per heavy atom. The SMILES string of the molecule is C[S@+]([O-])C[C@@H](C(=O)O)N1C(=O)[C@H](NC(=O)CCC[C@H](N)C(=O)O)[C@H]1S. The highest BCUT2D eigenvalue weighted by atomic mass is 32.2. The number of hydrogen-bond donors (Lipinski definition) is 5. The summed E-state index contributed by atoms with van der Waals surface area (Å²) in [5.41, 5.74) is 5.32. The Kier molecular flexibility index (Phi) is 7.99. The van der Waals surface area contributed by atoms with Gasteiger partial charge in [0.1, 0.15) is 23.2 Å². The number of nitrogens with zero attached hydrogens (tertiary/aromatic N) is 1. The minimum absolute atomic E-state index is 0.0212. The van der Waals surface area contributed by atoms with Crippen molar-refractivity contribution in [1.29, 1.82) is 0 Å². The molecule has 5 atom stereocenters. The summed E-state index contributed by atoms with van der Waals surface area (Å²) in [7, 11) is 0. The van der Waals surface area contributed by atoms with Crippen LogP contribution in [0.25, 0.3) is 0 Å². The lowest BCUT2D eigenvalue weighted by molar-refractivity contribution is -0.160. The molecule has 1 aliphatic heterocycles. The van der Waals surface area contributed by atoms with E-state index in [1.807, 2.05) is 0 Å². The summed E-state index contributed by atoms with van der Waals surface area (Å²) in [6, 6.07) is -3.31. The Morgan fingerprint density at radius 2 is 2.00 bits per heavy atom. The van der Waals surface area contributed by atoms with Crippen molar-refractivity contribution >= 4 is 47.6 Å². The van der Waals surface area contributed by atoms with Crippen LogP contribution in [0.1, 0.15) is 19.3 Å². The molecule has 0 aromatic carbocycles. The Labute approximate surface area is 152 Å². The van der Waals surface area contributed by atoms with E-state index in [1.54, 1.807) is 0 Å². The summed E-state index contributed by atoms with van der Waals surface area (Å²) in [5.74, 6) is -3.79. The second kappa shape index (κ2) is 9.27. The van der Waals surface area contributed by atoms with Gasteiger partial charge in [0.2, 0.25) is 11.8 Å². The number of aliphatic carboxylic acids is 2. The summed E-state index contributed by atoms with van der Waals surface area (Å²) in [6.45, 7) is 0. The fourth-order valence-corrected chi connectivity index (χ4v) is 3.54. The zero-order valence-electron chi connectivity index (χ0n) is 13.5. The van der Waals surface area contributed by atoms with Gasteiger partial charge in [0.25, 0.3) is 0 Å². The molecule has 0 saturated carbocycles. The topological polar surface area (TPSA) is 173 Å². The van der Waals surface area contributed by atoms with Crippen molar-refractivity contribution in [3.63, 3.8) is 0 Å². The monoisotopic (exact) mass is 395 g/mol. The highest BCUT2D eigenvalue weighted by molar-refractivity contribution is 7.90. The van der Waals surface area contributed by atoms with Gasteiger partial charge in [-0.2, -0.15) is 12.6 Å². The minimum atomic E-state index is -1.42. The molecule has 2 amide bonds. The smallest absolute Gasteiger partial charge is 0.331 e. The third kappa shape index (κ3) is 5.76. The van der Waals surface area contributed by atoms with Crippen LogP contribution in [0.5, 0.6) is 0 Å². The predicted molar refractivity (Wildman–Crippen MR) is 91.4 cm³/mol. The van der Waals surface area contributed by atoms with Crippen LogP contribution in [-0.2, 0) is 30.4 Å². The number of likely N-dealkylation sites (tertiary alicyclic amines) is 1. The van der Waals surface area contributed by atoms with Crippen LogP contribution in [-0.4, -0.2) is 78.9 Å². The minimum Gasteiger partial charge on any atom is -0.616 e. The van der Waals surface area contributed by atoms with Crippen LogP contribution in [0, 0.1) is 0 Å². The maximum atomic E-state index is 12.1. The van der Waals surface area contributed by atoms with E-state index < -0.39 is 58.4 Å². The number of thiol groups is 1. The lowest BCUT2D eigenvalue weighted by atomic mass is 10.0. The van der Waals surface area contributed by atoms with Crippen molar-refractivity contribution in [2.45, 2.75) is 42.8 Å². The van der Waals surface area contributed by atoms with Gasteiger partial charge in [-0.25, -0.2) is 4.79 Å². The normalized spacial score (nSPS) is 23.4. The van der Waals surface area contributed by atoms with Crippen LogP contribution >= 0.6 is 12.6 Å². The molecule has 0 aromatic rings. The zero-order valence-corrected chi connectivity index (χ0v) is 15.2. The first-order chi connectivity index (χ1) is 11.6. The Morgan fingerprint density at radius 3 is 2.44 bits per heavy atom.